The molecule has 0 aliphatic carbocycles. The van der Waals surface area contributed by atoms with Crippen molar-refractivity contribution in [2.75, 3.05) is 10.7 Å². The summed E-state index contributed by atoms with van der Waals surface area (Å²) >= 11 is 0. The van der Waals surface area contributed by atoms with E-state index in [-0.39, 0.29) is 11.5 Å². The fourth-order valence-electron chi connectivity index (χ4n) is 2.02. The van der Waals surface area contributed by atoms with Gasteiger partial charge in [-0.3, -0.25) is 4.79 Å². The zero-order valence-corrected chi connectivity index (χ0v) is 12.6. The van der Waals surface area contributed by atoms with Gasteiger partial charge in [0.25, 0.3) is 5.91 Å². The smallest absolute Gasteiger partial charge is 0.337 e. The molecule has 0 saturated heterocycles. The van der Waals surface area contributed by atoms with E-state index >= 15 is 0 Å². The highest BCUT2D eigenvalue weighted by Crippen LogP contribution is 2.19. The number of aromatic carboxylic acids is 1. The monoisotopic (exact) mass is 311 g/mol. The van der Waals surface area contributed by atoms with Crippen LogP contribution in [-0.4, -0.2) is 22.7 Å². The van der Waals surface area contributed by atoms with Crippen molar-refractivity contribution in [2.45, 2.75) is 13.3 Å². The van der Waals surface area contributed by atoms with Gasteiger partial charge < -0.3 is 10.8 Å². The van der Waals surface area contributed by atoms with Gasteiger partial charge in [-0.15, -0.1) is 0 Å². The van der Waals surface area contributed by atoms with Crippen molar-refractivity contribution >= 4 is 29.0 Å². The van der Waals surface area contributed by atoms with E-state index in [2.05, 4.69) is 5.10 Å². The molecule has 0 bridgehead atoms. The summed E-state index contributed by atoms with van der Waals surface area (Å²) in [7, 11) is 0. The molecule has 0 aromatic heterocycles. The van der Waals surface area contributed by atoms with Gasteiger partial charge in [0, 0.05) is 11.4 Å². The Morgan fingerprint density at radius 2 is 1.74 bits per heavy atom. The molecule has 2 aromatic rings. The van der Waals surface area contributed by atoms with Crippen LogP contribution in [-0.2, 0) is 4.79 Å². The zero-order chi connectivity index (χ0) is 16.8. The van der Waals surface area contributed by atoms with Gasteiger partial charge >= 0.3 is 5.97 Å². The standard InChI is InChI=1S/C10H10N2O.C7H7NO2/c1-8-7-10(13)12(11-8)9-5-3-2-4-6-9;8-6-4-2-1-3-5(6)7(9)10/h2-6H,7H2,1H3;1-4H,8H2,(H,9,10). The Balaban J connectivity index is 0.000000174. The maximum Gasteiger partial charge on any atom is 0.337 e. The Hall–Kier alpha value is -3.15. The average molecular weight is 311 g/mol. The second-order valence-electron chi connectivity index (χ2n) is 4.95. The molecular formula is C17H17N3O3. The molecular weight excluding hydrogens is 294 g/mol. The summed E-state index contributed by atoms with van der Waals surface area (Å²) < 4.78 is 0. The number of hydrogen-bond acceptors (Lipinski definition) is 4. The molecule has 6 nitrogen and oxygen atoms in total. The number of amides is 1. The molecule has 0 radical (unpaired) electrons. The third-order valence-corrected chi connectivity index (χ3v) is 3.11. The van der Waals surface area contributed by atoms with Gasteiger partial charge in [0.1, 0.15) is 0 Å². The quantitative estimate of drug-likeness (QED) is 0.833. The first-order chi connectivity index (χ1) is 11.0. The van der Waals surface area contributed by atoms with Crippen LogP contribution in [0.1, 0.15) is 23.7 Å². The van der Waals surface area contributed by atoms with E-state index < -0.39 is 5.97 Å². The summed E-state index contributed by atoms with van der Waals surface area (Å²) in [4.78, 5) is 21.7. The van der Waals surface area contributed by atoms with Gasteiger partial charge in [-0.25, -0.2) is 9.80 Å². The van der Waals surface area contributed by atoms with Crippen molar-refractivity contribution in [2.24, 2.45) is 5.10 Å². The Morgan fingerprint density at radius 3 is 2.22 bits per heavy atom. The minimum absolute atomic E-state index is 0.0451. The molecule has 23 heavy (non-hydrogen) atoms. The number of nitrogen functional groups attached to an aromatic ring is 1. The molecule has 1 heterocycles. The van der Waals surface area contributed by atoms with Gasteiger partial charge in [-0.1, -0.05) is 30.3 Å². The van der Waals surface area contributed by atoms with Crippen molar-refractivity contribution in [3.63, 3.8) is 0 Å². The normalized spacial score (nSPS) is 13.2. The number of carbonyl (C=O) groups excluding carboxylic acids is 1. The lowest BCUT2D eigenvalue weighted by atomic mass is 10.2. The largest absolute Gasteiger partial charge is 0.478 e. The SMILES string of the molecule is CC1=NN(c2ccccc2)C(=O)C1.Nc1ccccc1C(=O)O. The maximum absolute atomic E-state index is 11.4. The molecule has 118 valence electrons. The number of carboxylic acid groups (broad SMARTS) is 1. The third-order valence-electron chi connectivity index (χ3n) is 3.11. The molecule has 1 aliphatic rings. The lowest BCUT2D eigenvalue weighted by molar-refractivity contribution is -0.116. The average Bonchev–Trinajstić information content (AvgIpc) is 2.87. The molecule has 1 amide bonds. The molecule has 0 spiro atoms. The fourth-order valence-corrected chi connectivity index (χ4v) is 2.02. The number of nitrogens with zero attached hydrogens (tertiary/aromatic N) is 2. The van der Waals surface area contributed by atoms with Gasteiger partial charge in [0.05, 0.1) is 17.7 Å². The highest BCUT2D eigenvalue weighted by Gasteiger charge is 2.21. The van der Waals surface area contributed by atoms with E-state index in [0.29, 0.717) is 12.1 Å². The van der Waals surface area contributed by atoms with E-state index in [9.17, 15) is 9.59 Å². The molecule has 0 atom stereocenters. The van der Waals surface area contributed by atoms with Gasteiger partial charge in [-0.2, -0.15) is 5.10 Å². The number of hydrogen-bond donors (Lipinski definition) is 2. The first-order valence-electron chi connectivity index (χ1n) is 6.99. The van der Waals surface area contributed by atoms with Crippen molar-refractivity contribution in [3.8, 4) is 0 Å². The second kappa shape index (κ2) is 7.22. The minimum atomic E-state index is -0.988. The zero-order valence-electron chi connectivity index (χ0n) is 12.6. The van der Waals surface area contributed by atoms with Crippen LogP contribution in [0.3, 0.4) is 0 Å². The van der Waals surface area contributed by atoms with E-state index in [1.807, 2.05) is 37.3 Å². The molecule has 2 aromatic carbocycles. The number of para-hydroxylation sites is 2. The summed E-state index contributed by atoms with van der Waals surface area (Å²) in [6.45, 7) is 1.86. The lowest BCUT2D eigenvalue weighted by Gasteiger charge is -2.10. The van der Waals surface area contributed by atoms with E-state index in [1.165, 1.54) is 11.1 Å². The van der Waals surface area contributed by atoms with Gasteiger partial charge in [0.2, 0.25) is 0 Å². The Morgan fingerprint density at radius 1 is 1.13 bits per heavy atom. The number of anilines is 2. The first-order valence-corrected chi connectivity index (χ1v) is 6.99. The second-order valence-corrected chi connectivity index (χ2v) is 4.95. The number of carboxylic acids is 1. The van der Waals surface area contributed by atoms with Crippen molar-refractivity contribution in [1.82, 2.24) is 0 Å². The fraction of sp³-hybridized carbons (Fsp3) is 0.118. The Bertz CT molecular complexity index is 742. The third kappa shape index (κ3) is 4.16. The van der Waals surface area contributed by atoms with Gasteiger partial charge in [-0.05, 0) is 31.2 Å². The molecule has 3 rings (SSSR count). The summed E-state index contributed by atoms with van der Waals surface area (Å²) in [5.41, 5.74) is 7.50. The predicted molar refractivity (Wildman–Crippen MR) is 89.5 cm³/mol. The molecule has 3 N–H and O–H groups in total. The van der Waals surface area contributed by atoms with Crippen LogP contribution in [0.5, 0.6) is 0 Å². The van der Waals surface area contributed by atoms with Crippen LogP contribution in [0.25, 0.3) is 0 Å². The Labute approximate surface area is 133 Å². The minimum Gasteiger partial charge on any atom is -0.478 e. The topological polar surface area (TPSA) is 96.0 Å². The van der Waals surface area contributed by atoms with E-state index in [0.717, 1.165) is 11.4 Å². The van der Waals surface area contributed by atoms with Gasteiger partial charge in [0.15, 0.2) is 0 Å². The number of hydrazone groups is 1. The van der Waals surface area contributed by atoms with Crippen molar-refractivity contribution < 1.29 is 14.7 Å². The summed E-state index contributed by atoms with van der Waals surface area (Å²) in [5, 5.41) is 14.1. The van der Waals surface area contributed by atoms with E-state index in [1.54, 1.807) is 18.2 Å². The molecule has 6 heteroatoms. The van der Waals surface area contributed by atoms with Crippen molar-refractivity contribution in [1.29, 1.82) is 0 Å². The van der Waals surface area contributed by atoms with E-state index in [4.69, 9.17) is 10.8 Å². The number of rotatable bonds is 2. The highest BCUT2D eigenvalue weighted by atomic mass is 16.4. The van der Waals surface area contributed by atoms with Crippen LogP contribution >= 0.6 is 0 Å². The summed E-state index contributed by atoms with van der Waals surface area (Å²) in [6, 6.07) is 15.8. The highest BCUT2D eigenvalue weighted by molar-refractivity contribution is 6.12. The van der Waals surface area contributed by atoms with Crippen LogP contribution < -0.4 is 10.7 Å². The molecule has 0 saturated carbocycles. The Kier molecular flexibility index (Phi) is 5.09. The summed E-state index contributed by atoms with van der Waals surface area (Å²) in [5.74, 6) is -0.943. The molecule has 0 unspecified atom stereocenters. The molecule has 1 aliphatic heterocycles. The maximum atomic E-state index is 11.4. The summed E-state index contributed by atoms with van der Waals surface area (Å²) in [6.07, 6.45) is 0.439. The molecule has 0 fully saturated rings. The number of benzene rings is 2. The van der Waals surface area contributed by atoms with Crippen LogP contribution in [0.15, 0.2) is 59.7 Å². The number of nitrogens with two attached hydrogens (primary N) is 1. The number of carbonyl (C=O) groups is 2. The first kappa shape index (κ1) is 16.2. The van der Waals surface area contributed by atoms with Crippen LogP contribution in [0.2, 0.25) is 0 Å². The predicted octanol–water partition coefficient (Wildman–Crippen LogP) is 2.77. The van der Waals surface area contributed by atoms with Crippen molar-refractivity contribution in [3.05, 3.63) is 60.2 Å². The van der Waals surface area contributed by atoms with Crippen LogP contribution in [0, 0.1) is 0 Å². The lowest BCUT2D eigenvalue weighted by Crippen LogP contribution is -2.19. The van der Waals surface area contributed by atoms with Crippen LogP contribution in [0.4, 0.5) is 11.4 Å².